The molecule has 0 aliphatic carbocycles. The molecular weight excluding hydrogens is 356 g/mol. The Balaban J connectivity index is 2.01. The quantitative estimate of drug-likeness (QED) is 0.416. The lowest BCUT2D eigenvalue weighted by atomic mass is 10.1. The van der Waals surface area contributed by atoms with E-state index in [1.807, 2.05) is 0 Å². The Morgan fingerprint density at radius 3 is 2.56 bits per heavy atom. The van der Waals surface area contributed by atoms with E-state index in [4.69, 9.17) is 13.9 Å². The molecule has 0 radical (unpaired) electrons. The van der Waals surface area contributed by atoms with Gasteiger partial charge >= 0.3 is 5.63 Å². The highest BCUT2D eigenvalue weighted by molar-refractivity contribution is 6.06. The van der Waals surface area contributed by atoms with Gasteiger partial charge in [0.05, 0.1) is 24.8 Å². The van der Waals surface area contributed by atoms with Crippen LogP contribution in [-0.2, 0) is 0 Å². The number of nitro benzene ring substituents is 1. The van der Waals surface area contributed by atoms with Crippen LogP contribution in [0.2, 0.25) is 0 Å². The van der Waals surface area contributed by atoms with E-state index in [2.05, 4.69) is 5.32 Å². The lowest BCUT2D eigenvalue weighted by Gasteiger charge is -2.10. The first-order valence-corrected chi connectivity index (χ1v) is 7.68. The fourth-order valence-electron chi connectivity index (χ4n) is 2.48. The van der Waals surface area contributed by atoms with E-state index in [-0.39, 0.29) is 22.7 Å². The standard InChI is InChI=1S/C18H14N2O7/c1-25-12-4-6-15-10(7-12)8-13(18(22)27-15)17(21)19-14-9-11(20(23)24)3-5-16(14)26-2/h3-9H,1-2H3,(H,19,21). The van der Waals surface area contributed by atoms with Crippen molar-refractivity contribution >= 4 is 28.3 Å². The maximum atomic E-state index is 12.6. The van der Waals surface area contributed by atoms with E-state index in [0.717, 1.165) is 6.07 Å². The number of rotatable bonds is 5. The van der Waals surface area contributed by atoms with Crippen LogP contribution in [0.1, 0.15) is 10.4 Å². The summed E-state index contributed by atoms with van der Waals surface area (Å²) in [6, 6.07) is 9.89. The third-order valence-electron chi connectivity index (χ3n) is 3.83. The van der Waals surface area contributed by atoms with Crippen LogP contribution in [0.25, 0.3) is 11.0 Å². The van der Waals surface area contributed by atoms with Crippen molar-refractivity contribution < 1.29 is 23.6 Å². The Hall–Kier alpha value is -3.88. The number of nitro groups is 1. The number of amides is 1. The van der Waals surface area contributed by atoms with Crippen LogP contribution in [0, 0.1) is 10.1 Å². The minimum Gasteiger partial charge on any atom is -0.497 e. The first-order chi connectivity index (χ1) is 12.9. The normalized spacial score (nSPS) is 10.4. The maximum Gasteiger partial charge on any atom is 0.349 e. The molecule has 0 spiro atoms. The van der Waals surface area contributed by atoms with Crippen molar-refractivity contribution in [3.8, 4) is 11.5 Å². The lowest BCUT2D eigenvalue weighted by molar-refractivity contribution is -0.384. The summed E-state index contributed by atoms with van der Waals surface area (Å²) in [4.78, 5) is 35.0. The number of nitrogens with zero attached hydrogens (tertiary/aromatic N) is 1. The van der Waals surface area contributed by atoms with Gasteiger partial charge in [-0.15, -0.1) is 0 Å². The van der Waals surface area contributed by atoms with Gasteiger partial charge in [-0.1, -0.05) is 0 Å². The molecule has 3 aromatic rings. The molecule has 9 heteroatoms. The number of hydrogen-bond donors (Lipinski definition) is 1. The fourth-order valence-corrected chi connectivity index (χ4v) is 2.48. The predicted molar refractivity (Wildman–Crippen MR) is 96.6 cm³/mol. The third kappa shape index (κ3) is 3.56. The Bertz CT molecular complexity index is 1100. The molecule has 0 fully saturated rings. The molecule has 0 saturated heterocycles. The number of carbonyl (C=O) groups is 1. The largest absolute Gasteiger partial charge is 0.497 e. The molecule has 138 valence electrons. The number of benzene rings is 2. The van der Waals surface area contributed by atoms with Crippen molar-refractivity contribution in [1.82, 2.24) is 0 Å². The Morgan fingerprint density at radius 2 is 1.89 bits per heavy atom. The van der Waals surface area contributed by atoms with Crippen LogP contribution in [0.15, 0.2) is 51.7 Å². The molecule has 1 N–H and O–H groups in total. The van der Waals surface area contributed by atoms with Gasteiger partial charge in [-0.25, -0.2) is 4.79 Å². The first-order valence-electron chi connectivity index (χ1n) is 7.68. The van der Waals surface area contributed by atoms with Crippen LogP contribution >= 0.6 is 0 Å². The summed E-state index contributed by atoms with van der Waals surface area (Å²) in [6.07, 6.45) is 0. The summed E-state index contributed by atoms with van der Waals surface area (Å²) in [5, 5.41) is 13.9. The van der Waals surface area contributed by atoms with Crippen LogP contribution in [0.3, 0.4) is 0 Å². The number of non-ortho nitro benzene ring substituents is 1. The molecule has 1 heterocycles. The highest BCUT2D eigenvalue weighted by atomic mass is 16.6. The molecule has 0 aliphatic heterocycles. The number of ether oxygens (including phenoxy) is 2. The number of anilines is 1. The predicted octanol–water partition coefficient (Wildman–Crippen LogP) is 2.97. The average Bonchev–Trinajstić information content (AvgIpc) is 2.66. The van der Waals surface area contributed by atoms with Crippen molar-refractivity contribution in [2.45, 2.75) is 0 Å². The number of nitrogens with one attached hydrogen (secondary N) is 1. The fraction of sp³-hybridized carbons (Fsp3) is 0.111. The van der Waals surface area contributed by atoms with Crippen molar-refractivity contribution in [3.05, 3.63) is 68.6 Å². The van der Waals surface area contributed by atoms with Gasteiger partial charge < -0.3 is 19.2 Å². The summed E-state index contributed by atoms with van der Waals surface area (Å²) in [5.74, 6) is -0.0453. The van der Waals surface area contributed by atoms with E-state index in [1.54, 1.807) is 18.2 Å². The molecular formula is C18H14N2O7. The van der Waals surface area contributed by atoms with E-state index in [0.29, 0.717) is 16.7 Å². The minimum atomic E-state index is -0.838. The van der Waals surface area contributed by atoms with Gasteiger partial charge in [-0.2, -0.15) is 0 Å². The van der Waals surface area contributed by atoms with Gasteiger partial charge in [-0.3, -0.25) is 14.9 Å². The van der Waals surface area contributed by atoms with Crippen molar-refractivity contribution in [3.63, 3.8) is 0 Å². The van der Waals surface area contributed by atoms with Crippen molar-refractivity contribution in [1.29, 1.82) is 0 Å². The summed E-state index contributed by atoms with van der Waals surface area (Å²) >= 11 is 0. The van der Waals surface area contributed by atoms with Crippen LogP contribution in [0.5, 0.6) is 11.5 Å². The van der Waals surface area contributed by atoms with Crippen molar-refractivity contribution in [2.24, 2.45) is 0 Å². The monoisotopic (exact) mass is 370 g/mol. The highest BCUT2D eigenvalue weighted by Gasteiger charge is 2.18. The number of fused-ring (bicyclic) bond motifs is 1. The topological polar surface area (TPSA) is 121 Å². The Labute approximate surface area is 152 Å². The minimum absolute atomic E-state index is 0.0573. The SMILES string of the molecule is COc1ccc2oc(=O)c(C(=O)Nc3cc([N+](=O)[O-])ccc3OC)cc2c1. The van der Waals surface area contributed by atoms with Crippen LogP contribution < -0.4 is 20.4 Å². The van der Waals surface area contributed by atoms with Crippen LogP contribution in [0.4, 0.5) is 11.4 Å². The molecule has 0 bridgehead atoms. The van der Waals surface area contributed by atoms with Gasteiger partial charge in [0.25, 0.3) is 11.6 Å². The number of carbonyl (C=O) groups excluding carboxylic acids is 1. The summed E-state index contributed by atoms with van der Waals surface area (Å²) in [6.45, 7) is 0. The molecule has 0 atom stereocenters. The Morgan fingerprint density at radius 1 is 1.11 bits per heavy atom. The molecule has 9 nitrogen and oxygen atoms in total. The second-order valence-electron chi connectivity index (χ2n) is 5.45. The molecule has 27 heavy (non-hydrogen) atoms. The molecule has 2 aromatic carbocycles. The summed E-state index contributed by atoms with van der Waals surface area (Å²) in [7, 11) is 2.84. The lowest BCUT2D eigenvalue weighted by Crippen LogP contribution is -2.21. The van der Waals surface area contributed by atoms with Gasteiger partial charge in [0.15, 0.2) is 0 Å². The summed E-state index contributed by atoms with van der Waals surface area (Å²) < 4.78 is 15.4. The smallest absolute Gasteiger partial charge is 0.349 e. The Kier molecular flexibility index (Phi) is 4.75. The molecule has 3 rings (SSSR count). The van der Waals surface area contributed by atoms with E-state index in [1.165, 1.54) is 32.4 Å². The van der Waals surface area contributed by atoms with Gasteiger partial charge in [0.2, 0.25) is 0 Å². The summed E-state index contributed by atoms with van der Waals surface area (Å²) in [5.41, 5.74) is -0.979. The van der Waals surface area contributed by atoms with Gasteiger partial charge in [0.1, 0.15) is 22.6 Å². The van der Waals surface area contributed by atoms with Gasteiger partial charge in [0, 0.05) is 17.5 Å². The second kappa shape index (κ2) is 7.16. The van der Waals surface area contributed by atoms with E-state index < -0.39 is 16.5 Å². The zero-order valence-corrected chi connectivity index (χ0v) is 14.3. The maximum absolute atomic E-state index is 12.6. The molecule has 1 amide bonds. The first kappa shape index (κ1) is 17.9. The van der Waals surface area contributed by atoms with Crippen LogP contribution in [-0.4, -0.2) is 25.1 Å². The highest BCUT2D eigenvalue weighted by Crippen LogP contribution is 2.29. The zero-order valence-electron chi connectivity index (χ0n) is 14.3. The molecule has 1 aromatic heterocycles. The average molecular weight is 370 g/mol. The number of methoxy groups -OCH3 is 2. The molecule has 0 aliphatic rings. The molecule has 0 saturated carbocycles. The molecule has 0 unspecified atom stereocenters. The van der Waals surface area contributed by atoms with E-state index in [9.17, 15) is 19.7 Å². The second-order valence-corrected chi connectivity index (χ2v) is 5.45. The number of hydrogen-bond acceptors (Lipinski definition) is 7. The zero-order chi connectivity index (χ0) is 19.6. The van der Waals surface area contributed by atoms with Gasteiger partial charge in [-0.05, 0) is 30.3 Å². The van der Waals surface area contributed by atoms with Crippen molar-refractivity contribution in [2.75, 3.05) is 19.5 Å². The third-order valence-corrected chi connectivity index (χ3v) is 3.83. The van der Waals surface area contributed by atoms with E-state index >= 15 is 0 Å².